The number of amides is 1. The van der Waals surface area contributed by atoms with Crippen LogP contribution in [0.3, 0.4) is 0 Å². The number of ether oxygens (including phenoxy) is 1. The van der Waals surface area contributed by atoms with E-state index in [-0.39, 0.29) is 18.3 Å². The summed E-state index contributed by atoms with van der Waals surface area (Å²) < 4.78 is 18.9. The maximum atomic E-state index is 13.2. The molecule has 31 heavy (non-hydrogen) atoms. The van der Waals surface area contributed by atoms with E-state index >= 15 is 0 Å². The van der Waals surface area contributed by atoms with E-state index in [1.165, 1.54) is 29.5 Å². The Balaban J connectivity index is 1.30. The molecule has 0 saturated heterocycles. The van der Waals surface area contributed by atoms with Gasteiger partial charge >= 0.3 is 0 Å². The number of nitrogens with zero attached hydrogens (tertiary/aromatic N) is 2. The fraction of sp³-hybridized carbons (Fsp3) is 0.0417. The number of aromatic nitrogens is 2. The molecule has 0 spiro atoms. The first kappa shape index (κ1) is 20.4. The summed E-state index contributed by atoms with van der Waals surface area (Å²) in [7, 11) is 0. The fourth-order valence-electron chi connectivity index (χ4n) is 2.77. The van der Waals surface area contributed by atoms with Gasteiger partial charge in [0.2, 0.25) is 5.91 Å². The largest absolute Gasteiger partial charge is 0.489 e. The average molecular weight is 431 g/mol. The van der Waals surface area contributed by atoms with Gasteiger partial charge in [-0.2, -0.15) is 0 Å². The molecule has 0 aliphatic heterocycles. The van der Waals surface area contributed by atoms with E-state index in [0.29, 0.717) is 10.9 Å². The van der Waals surface area contributed by atoms with Gasteiger partial charge < -0.3 is 4.74 Å². The lowest BCUT2D eigenvalue weighted by atomic mass is 10.2. The molecule has 0 aliphatic carbocycles. The Bertz CT molecular complexity index is 1190. The van der Waals surface area contributed by atoms with E-state index in [0.717, 1.165) is 22.4 Å². The number of benzene rings is 2. The highest BCUT2D eigenvalue weighted by atomic mass is 32.1. The van der Waals surface area contributed by atoms with Gasteiger partial charge in [-0.15, -0.1) is 11.3 Å². The predicted molar refractivity (Wildman–Crippen MR) is 120 cm³/mol. The first-order chi connectivity index (χ1) is 15.2. The summed E-state index contributed by atoms with van der Waals surface area (Å²) in [5.74, 6) is 0.116. The monoisotopic (exact) mass is 431 g/mol. The molecule has 4 aromatic rings. The molecule has 0 fully saturated rings. The second-order valence-corrected chi connectivity index (χ2v) is 7.44. The molecule has 1 N–H and O–H groups in total. The van der Waals surface area contributed by atoms with Crippen molar-refractivity contribution >= 4 is 28.5 Å². The van der Waals surface area contributed by atoms with Crippen LogP contribution < -0.4 is 10.1 Å². The zero-order chi connectivity index (χ0) is 21.5. The Morgan fingerprint density at radius 2 is 1.90 bits per heavy atom. The number of rotatable bonds is 7. The summed E-state index contributed by atoms with van der Waals surface area (Å²) in [5.41, 5.74) is 3.35. The van der Waals surface area contributed by atoms with Crippen LogP contribution in [0.1, 0.15) is 11.1 Å². The lowest BCUT2D eigenvalue weighted by Crippen LogP contribution is -2.07. The number of halogens is 1. The summed E-state index contributed by atoms with van der Waals surface area (Å²) in [5, 5.41) is 5.18. The first-order valence-electron chi connectivity index (χ1n) is 9.48. The zero-order valence-corrected chi connectivity index (χ0v) is 17.2. The zero-order valence-electron chi connectivity index (χ0n) is 16.4. The minimum Gasteiger partial charge on any atom is -0.489 e. The van der Waals surface area contributed by atoms with Crippen LogP contribution in [0.4, 0.5) is 9.52 Å². The number of carbonyl (C=O) groups excluding carboxylic acids is 1. The van der Waals surface area contributed by atoms with Crippen LogP contribution >= 0.6 is 11.3 Å². The van der Waals surface area contributed by atoms with Crippen LogP contribution in [-0.2, 0) is 11.4 Å². The number of hydrogen-bond acceptors (Lipinski definition) is 5. The second-order valence-electron chi connectivity index (χ2n) is 6.58. The molecule has 5 nitrogen and oxygen atoms in total. The van der Waals surface area contributed by atoms with Gasteiger partial charge in [0.1, 0.15) is 18.2 Å². The maximum Gasteiger partial charge on any atom is 0.250 e. The number of thiazole rings is 1. The maximum absolute atomic E-state index is 13.2. The molecular formula is C24H18FN3O2S. The van der Waals surface area contributed by atoms with Crippen molar-refractivity contribution in [1.29, 1.82) is 0 Å². The van der Waals surface area contributed by atoms with Gasteiger partial charge in [-0.1, -0.05) is 24.3 Å². The molecule has 154 valence electrons. The Kier molecular flexibility index (Phi) is 6.44. The molecule has 7 heteroatoms. The van der Waals surface area contributed by atoms with Crippen molar-refractivity contribution in [2.75, 3.05) is 5.32 Å². The molecule has 0 unspecified atom stereocenters. The number of pyridine rings is 1. The summed E-state index contributed by atoms with van der Waals surface area (Å²) in [6, 6.07) is 17.3. The van der Waals surface area contributed by atoms with Crippen LogP contribution in [0.25, 0.3) is 17.3 Å². The SMILES string of the molecule is O=C(/C=C/c1ccc(OCc2cccc(F)c2)cc1)Nc1nc(-c2ccncc2)cs1. The summed E-state index contributed by atoms with van der Waals surface area (Å²) in [6.45, 7) is 0.282. The molecule has 2 heterocycles. The van der Waals surface area contributed by atoms with E-state index in [1.807, 2.05) is 29.6 Å². The quantitative estimate of drug-likeness (QED) is 0.388. The second kappa shape index (κ2) is 9.77. The molecule has 0 bridgehead atoms. The Hall–Kier alpha value is -3.84. The third-order valence-electron chi connectivity index (χ3n) is 4.31. The summed E-state index contributed by atoms with van der Waals surface area (Å²) in [4.78, 5) is 20.6. The molecule has 4 rings (SSSR count). The van der Waals surface area contributed by atoms with Crippen LogP contribution in [0.15, 0.2) is 84.5 Å². The van der Waals surface area contributed by atoms with Crippen molar-refractivity contribution in [2.45, 2.75) is 6.61 Å². The van der Waals surface area contributed by atoms with Crippen LogP contribution in [-0.4, -0.2) is 15.9 Å². The summed E-state index contributed by atoms with van der Waals surface area (Å²) in [6.07, 6.45) is 6.57. The minimum atomic E-state index is -0.286. The predicted octanol–water partition coefficient (Wildman–Crippen LogP) is 5.58. The lowest BCUT2D eigenvalue weighted by Gasteiger charge is -2.06. The van der Waals surface area contributed by atoms with Crippen molar-refractivity contribution in [3.63, 3.8) is 0 Å². The Morgan fingerprint density at radius 1 is 1.10 bits per heavy atom. The highest BCUT2D eigenvalue weighted by Crippen LogP contribution is 2.24. The summed E-state index contributed by atoms with van der Waals surface area (Å²) >= 11 is 1.36. The van der Waals surface area contributed by atoms with Crippen LogP contribution in [0, 0.1) is 5.82 Å². The van der Waals surface area contributed by atoms with Gasteiger partial charge in [0.15, 0.2) is 5.13 Å². The molecule has 0 aliphatic rings. The molecule has 2 aromatic heterocycles. The normalized spacial score (nSPS) is 10.9. The molecule has 1 amide bonds. The average Bonchev–Trinajstić information content (AvgIpc) is 3.26. The van der Waals surface area contributed by atoms with E-state index < -0.39 is 0 Å². The van der Waals surface area contributed by atoms with Crippen molar-refractivity contribution < 1.29 is 13.9 Å². The Morgan fingerprint density at radius 3 is 2.68 bits per heavy atom. The van der Waals surface area contributed by atoms with E-state index in [4.69, 9.17) is 4.74 Å². The highest BCUT2D eigenvalue weighted by molar-refractivity contribution is 7.14. The van der Waals surface area contributed by atoms with Gasteiger partial charge in [0.05, 0.1) is 5.69 Å². The van der Waals surface area contributed by atoms with Crippen molar-refractivity contribution in [3.05, 3.63) is 101 Å². The number of nitrogens with one attached hydrogen (secondary N) is 1. The number of anilines is 1. The smallest absolute Gasteiger partial charge is 0.250 e. The number of carbonyl (C=O) groups is 1. The molecule has 0 atom stereocenters. The van der Waals surface area contributed by atoms with Gasteiger partial charge in [0, 0.05) is 29.4 Å². The Labute approximate surface area is 182 Å². The van der Waals surface area contributed by atoms with Gasteiger partial charge in [-0.3, -0.25) is 15.1 Å². The standard InChI is InChI=1S/C24H18FN3O2S/c25-20-3-1-2-18(14-20)15-30-21-7-4-17(5-8-21)6-9-23(29)28-24-27-22(16-31-24)19-10-12-26-13-11-19/h1-14,16H,15H2,(H,27,28,29)/b9-6+. The van der Waals surface area contributed by atoms with E-state index in [2.05, 4.69) is 15.3 Å². The highest BCUT2D eigenvalue weighted by Gasteiger charge is 2.06. The molecule has 0 saturated carbocycles. The number of hydrogen-bond donors (Lipinski definition) is 1. The van der Waals surface area contributed by atoms with E-state index in [1.54, 1.807) is 42.7 Å². The van der Waals surface area contributed by atoms with Crippen LogP contribution in [0.2, 0.25) is 0 Å². The van der Waals surface area contributed by atoms with Crippen molar-refractivity contribution in [1.82, 2.24) is 9.97 Å². The van der Waals surface area contributed by atoms with Gasteiger partial charge in [-0.25, -0.2) is 9.37 Å². The molecular weight excluding hydrogens is 413 g/mol. The van der Waals surface area contributed by atoms with Gasteiger partial charge in [0.25, 0.3) is 0 Å². The van der Waals surface area contributed by atoms with Crippen molar-refractivity contribution in [3.8, 4) is 17.0 Å². The van der Waals surface area contributed by atoms with Crippen molar-refractivity contribution in [2.24, 2.45) is 0 Å². The fourth-order valence-corrected chi connectivity index (χ4v) is 3.50. The first-order valence-corrected chi connectivity index (χ1v) is 10.4. The molecule has 0 radical (unpaired) electrons. The van der Waals surface area contributed by atoms with Crippen LogP contribution in [0.5, 0.6) is 5.75 Å². The third kappa shape index (κ3) is 5.83. The minimum absolute atomic E-state index is 0.262. The lowest BCUT2D eigenvalue weighted by molar-refractivity contribution is -0.111. The third-order valence-corrected chi connectivity index (χ3v) is 5.07. The topological polar surface area (TPSA) is 64.1 Å². The van der Waals surface area contributed by atoms with E-state index in [9.17, 15) is 9.18 Å². The molecule has 2 aromatic carbocycles. The van der Waals surface area contributed by atoms with Gasteiger partial charge in [-0.05, 0) is 53.6 Å².